The lowest BCUT2D eigenvalue weighted by Gasteiger charge is -2.12. The maximum absolute atomic E-state index is 11.3. The van der Waals surface area contributed by atoms with Crippen molar-refractivity contribution in [2.24, 2.45) is 5.84 Å². The fourth-order valence-corrected chi connectivity index (χ4v) is 3.27. The highest BCUT2D eigenvalue weighted by Gasteiger charge is 2.29. The van der Waals surface area contributed by atoms with Gasteiger partial charge in [-0.25, -0.2) is 5.84 Å². The molecule has 1 aromatic carbocycles. The van der Waals surface area contributed by atoms with E-state index < -0.39 is 0 Å². The van der Waals surface area contributed by atoms with E-state index in [0.717, 1.165) is 24.3 Å². The lowest BCUT2D eigenvalue weighted by molar-refractivity contribution is -0.131. The lowest BCUT2D eigenvalue weighted by atomic mass is 10.2. The summed E-state index contributed by atoms with van der Waals surface area (Å²) in [4.78, 5) is 11.3. The molecule has 1 aromatic rings. The number of hydrazine groups is 1. The molecule has 0 bridgehead atoms. The van der Waals surface area contributed by atoms with Gasteiger partial charge in [0.25, 0.3) is 5.91 Å². The predicted molar refractivity (Wildman–Crippen MR) is 77.6 cm³/mol. The molecule has 2 unspecified atom stereocenters. The van der Waals surface area contributed by atoms with Gasteiger partial charge in [-0.3, -0.25) is 10.2 Å². The number of nitrogens with two attached hydrogens (primary N) is 1. The van der Waals surface area contributed by atoms with Crippen LogP contribution in [0.4, 0.5) is 0 Å². The number of aryl methyl sites for hydroxylation is 1. The molecule has 1 aliphatic rings. The van der Waals surface area contributed by atoms with Crippen LogP contribution >= 0.6 is 11.8 Å². The molecule has 104 valence electrons. The Bertz CT molecular complexity index is 439. The number of ether oxygens (including phenoxy) is 1. The van der Waals surface area contributed by atoms with Crippen LogP contribution in [-0.2, 0) is 15.3 Å². The SMILES string of the molecule is Cc1cccc(CSCC2CCC(C(=O)NN)O2)c1. The predicted octanol–water partition coefficient (Wildman–Crippen LogP) is 1.77. The van der Waals surface area contributed by atoms with E-state index in [-0.39, 0.29) is 18.1 Å². The molecular formula is C14H20N2O2S. The van der Waals surface area contributed by atoms with Crippen LogP contribution in [0.15, 0.2) is 24.3 Å². The van der Waals surface area contributed by atoms with E-state index in [1.165, 1.54) is 11.1 Å². The molecule has 2 atom stereocenters. The van der Waals surface area contributed by atoms with Gasteiger partial charge in [-0.1, -0.05) is 29.8 Å². The van der Waals surface area contributed by atoms with Gasteiger partial charge in [0.15, 0.2) is 0 Å². The molecule has 0 saturated carbocycles. The molecular weight excluding hydrogens is 260 g/mol. The van der Waals surface area contributed by atoms with E-state index in [4.69, 9.17) is 10.6 Å². The van der Waals surface area contributed by atoms with Crippen LogP contribution in [-0.4, -0.2) is 23.9 Å². The number of hydrogen-bond acceptors (Lipinski definition) is 4. The molecule has 1 saturated heterocycles. The highest BCUT2D eigenvalue weighted by Crippen LogP contribution is 2.24. The summed E-state index contributed by atoms with van der Waals surface area (Å²) in [5.74, 6) is 6.79. The smallest absolute Gasteiger partial charge is 0.263 e. The van der Waals surface area contributed by atoms with Crippen LogP contribution in [0.1, 0.15) is 24.0 Å². The van der Waals surface area contributed by atoms with Crippen molar-refractivity contribution in [3.8, 4) is 0 Å². The van der Waals surface area contributed by atoms with Crippen molar-refractivity contribution in [3.63, 3.8) is 0 Å². The molecule has 2 rings (SSSR count). The first-order valence-corrected chi connectivity index (χ1v) is 7.63. The van der Waals surface area contributed by atoms with E-state index in [9.17, 15) is 4.79 Å². The number of hydrogen-bond donors (Lipinski definition) is 2. The molecule has 1 aliphatic heterocycles. The summed E-state index contributed by atoms with van der Waals surface area (Å²) in [6, 6.07) is 8.52. The largest absolute Gasteiger partial charge is 0.364 e. The highest BCUT2D eigenvalue weighted by atomic mass is 32.2. The third kappa shape index (κ3) is 4.23. The van der Waals surface area contributed by atoms with Crippen molar-refractivity contribution >= 4 is 17.7 Å². The molecule has 0 aliphatic carbocycles. The van der Waals surface area contributed by atoms with Gasteiger partial charge in [0.2, 0.25) is 0 Å². The van der Waals surface area contributed by atoms with Crippen molar-refractivity contribution in [1.82, 2.24) is 5.43 Å². The summed E-state index contributed by atoms with van der Waals surface area (Å²) in [7, 11) is 0. The van der Waals surface area contributed by atoms with Gasteiger partial charge in [-0.05, 0) is 25.3 Å². The Labute approximate surface area is 118 Å². The first kappa shape index (κ1) is 14.4. The Balaban J connectivity index is 1.71. The normalized spacial score (nSPS) is 22.4. The number of carbonyl (C=O) groups is 1. The minimum absolute atomic E-state index is 0.164. The van der Waals surface area contributed by atoms with Crippen LogP contribution in [0, 0.1) is 6.92 Å². The van der Waals surface area contributed by atoms with Gasteiger partial charge in [-0.2, -0.15) is 11.8 Å². The zero-order valence-corrected chi connectivity index (χ0v) is 11.9. The number of thioether (sulfide) groups is 1. The minimum Gasteiger partial charge on any atom is -0.364 e. The zero-order valence-electron chi connectivity index (χ0n) is 11.1. The fraction of sp³-hybridized carbons (Fsp3) is 0.500. The summed E-state index contributed by atoms with van der Waals surface area (Å²) in [5, 5.41) is 0. The molecule has 19 heavy (non-hydrogen) atoms. The van der Waals surface area contributed by atoms with Crippen LogP contribution in [0.3, 0.4) is 0 Å². The summed E-state index contributed by atoms with van der Waals surface area (Å²) >= 11 is 1.85. The Hall–Kier alpha value is -1.04. The topological polar surface area (TPSA) is 64.4 Å². The molecule has 1 fully saturated rings. The fourth-order valence-electron chi connectivity index (χ4n) is 2.22. The first-order chi connectivity index (χ1) is 9.19. The van der Waals surface area contributed by atoms with Crippen LogP contribution < -0.4 is 11.3 Å². The van der Waals surface area contributed by atoms with Crippen LogP contribution in [0.5, 0.6) is 0 Å². The molecule has 4 nitrogen and oxygen atoms in total. The summed E-state index contributed by atoms with van der Waals surface area (Å²) < 4.78 is 5.66. The molecule has 3 N–H and O–H groups in total. The summed E-state index contributed by atoms with van der Waals surface area (Å²) in [6.45, 7) is 2.10. The summed E-state index contributed by atoms with van der Waals surface area (Å²) in [5.41, 5.74) is 4.76. The third-order valence-corrected chi connectivity index (χ3v) is 4.34. The number of nitrogens with one attached hydrogen (secondary N) is 1. The average Bonchev–Trinajstić information content (AvgIpc) is 2.87. The average molecular weight is 280 g/mol. The minimum atomic E-state index is -0.366. The van der Waals surface area contributed by atoms with Gasteiger partial charge in [-0.15, -0.1) is 0 Å². The second-order valence-electron chi connectivity index (χ2n) is 4.84. The van der Waals surface area contributed by atoms with Gasteiger partial charge in [0.1, 0.15) is 6.10 Å². The van der Waals surface area contributed by atoms with E-state index in [1.807, 2.05) is 11.8 Å². The van der Waals surface area contributed by atoms with Crippen LogP contribution in [0.25, 0.3) is 0 Å². The Kier molecular flexibility index (Phi) is 5.24. The highest BCUT2D eigenvalue weighted by molar-refractivity contribution is 7.98. The van der Waals surface area contributed by atoms with Crippen molar-refractivity contribution in [1.29, 1.82) is 0 Å². The monoisotopic (exact) mass is 280 g/mol. The number of rotatable bonds is 5. The standard InChI is InChI=1S/C14H20N2O2S/c1-10-3-2-4-11(7-10)8-19-9-12-5-6-13(18-12)14(17)16-15/h2-4,7,12-13H,5-6,8-9,15H2,1H3,(H,16,17). The van der Waals surface area contributed by atoms with Gasteiger partial charge < -0.3 is 4.74 Å². The molecule has 0 aromatic heterocycles. The first-order valence-electron chi connectivity index (χ1n) is 6.48. The maximum atomic E-state index is 11.3. The Morgan fingerprint density at radius 1 is 1.53 bits per heavy atom. The third-order valence-electron chi connectivity index (χ3n) is 3.20. The molecule has 5 heteroatoms. The Morgan fingerprint density at radius 3 is 3.11 bits per heavy atom. The second kappa shape index (κ2) is 6.93. The van der Waals surface area contributed by atoms with Gasteiger partial charge in [0, 0.05) is 11.5 Å². The van der Waals surface area contributed by atoms with Crippen LogP contribution in [0.2, 0.25) is 0 Å². The Morgan fingerprint density at radius 2 is 2.37 bits per heavy atom. The van der Waals surface area contributed by atoms with E-state index in [2.05, 4.69) is 36.6 Å². The van der Waals surface area contributed by atoms with Crippen molar-refractivity contribution in [3.05, 3.63) is 35.4 Å². The molecule has 1 amide bonds. The molecule has 0 radical (unpaired) electrons. The van der Waals surface area contributed by atoms with Gasteiger partial charge >= 0.3 is 0 Å². The van der Waals surface area contributed by atoms with E-state index >= 15 is 0 Å². The van der Waals surface area contributed by atoms with E-state index in [1.54, 1.807) is 0 Å². The molecule has 0 spiro atoms. The van der Waals surface area contributed by atoms with Crippen molar-refractivity contribution in [2.45, 2.75) is 37.7 Å². The van der Waals surface area contributed by atoms with Gasteiger partial charge in [0.05, 0.1) is 6.10 Å². The molecule has 1 heterocycles. The summed E-state index contributed by atoms with van der Waals surface area (Å²) in [6.07, 6.45) is 1.49. The maximum Gasteiger partial charge on any atom is 0.263 e. The quantitative estimate of drug-likeness (QED) is 0.490. The second-order valence-corrected chi connectivity index (χ2v) is 5.87. The number of benzene rings is 1. The zero-order chi connectivity index (χ0) is 13.7. The van der Waals surface area contributed by atoms with Crippen molar-refractivity contribution < 1.29 is 9.53 Å². The van der Waals surface area contributed by atoms with Crippen molar-refractivity contribution in [2.75, 3.05) is 5.75 Å². The number of carbonyl (C=O) groups excluding carboxylic acids is 1. The lowest BCUT2D eigenvalue weighted by Crippen LogP contribution is -2.39. The number of amides is 1. The van der Waals surface area contributed by atoms with E-state index in [0.29, 0.717) is 0 Å².